The Labute approximate surface area is 655 Å². The van der Waals surface area contributed by atoms with E-state index in [0.29, 0.717) is 111 Å². The van der Waals surface area contributed by atoms with Gasteiger partial charge in [0.05, 0.1) is 35.8 Å². The maximum absolute atomic E-state index is 13.8. The Morgan fingerprint density at radius 3 is 1.20 bits per heavy atom. The van der Waals surface area contributed by atoms with E-state index in [-0.39, 0.29) is 36.8 Å². The van der Waals surface area contributed by atoms with Gasteiger partial charge < -0.3 is 57.8 Å². The number of fused-ring (bicyclic) bond motifs is 8. The van der Waals surface area contributed by atoms with Gasteiger partial charge in [-0.15, -0.1) is 0 Å². The molecule has 10 aliphatic heterocycles. The van der Waals surface area contributed by atoms with Crippen LogP contribution in [0.2, 0.25) is 0 Å². The van der Waals surface area contributed by atoms with Crippen molar-refractivity contribution in [3.05, 3.63) is 107 Å². The van der Waals surface area contributed by atoms with Crippen LogP contribution in [0.3, 0.4) is 0 Å². The van der Waals surface area contributed by atoms with E-state index in [1.807, 2.05) is 58.3 Å². The summed E-state index contributed by atoms with van der Waals surface area (Å²) in [5.41, 5.74) is 4.37. The predicted octanol–water partition coefficient (Wildman–Crippen LogP) is 14.4. The van der Waals surface area contributed by atoms with Crippen molar-refractivity contribution in [2.75, 3.05) is 138 Å². The largest absolute Gasteiger partial charge is 0.482 e. The van der Waals surface area contributed by atoms with Gasteiger partial charge in [0.25, 0.3) is 11.8 Å². The number of nitrogens with zero attached hydrogens (tertiary/aromatic N) is 8. The zero-order chi connectivity index (χ0) is 76.5. The molecule has 0 N–H and O–H groups in total. The molecule has 4 aromatic rings. The van der Waals surface area contributed by atoms with Crippen molar-refractivity contribution >= 4 is 46.4 Å². The zero-order valence-corrected chi connectivity index (χ0v) is 66.0. The van der Waals surface area contributed by atoms with Gasteiger partial charge in [0.1, 0.15) is 11.5 Å². The van der Waals surface area contributed by atoms with Crippen LogP contribution in [0, 0.1) is 58.8 Å². The zero-order valence-electron chi connectivity index (χ0n) is 66.0. The molecule has 4 saturated carbocycles. The molecule has 111 heavy (non-hydrogen) atoms. The molecule has 18 rings (SSSR count). The lowest BCUT2D eigenvalue weighted by molar-refractivity contribution is -0.122. The molecule has 6 atom stereocenters. The van der Waals surface area contributed by atoms with Crippen LogP contribution in [-0.4, -0.2) is 210 Å². The van der Waals surface area contributed by atoms with Crippen LogP contribution in [0.5, 0.6) is 11.5 Å². The van der Waals surface area contributed by atoms with E-state index in [0.717, 1.165) is 201 Å². The second-order valence-corrected chi connectivity index (χ2v) is 35.2. The fourth-order valence-corrected chi connectivity index (χ4v) is 19.2. The summed E-state index contributed by atoms with van der Waals surface area (Å²) in [7, 11) is 0. The maximum Gasteiger partial charge on any atom is 0.265 e. The molecule has 4 amide bonds. The van der Waals surface area contributed by atoms with Gasteiger partial charge in [0.15, 0.2) is 36.5 Å². The quantitative estimate of drug-likeness (QED) is 0.0496. The molecular weight excluding hydrogens is 1420 g/mol. The van der Waals surface area contributed by atoms with Crippen LogP contribution in [-0.2, 0) is 51.0 Å². The Morgan fingerprint density at radius 2 is 0.766 bits per heavy atom. The highest BCUT2D eigenvalue weighted by Gasteiger charge is 2.44. The highest BCUT2D eigenvalue weighted by Crippen LogP contribution is 2.43. The number of piperidine rings is 4. The van der Waals surface area contributed by atoms with Crippen LogP contribution in [0.4, 0.5) is 40.3 Å². The highest BCUT2D eigenvalue weighted by atomic mass is 19.2. The van der Waals surface area contributed by atoms with Crippen molar-refractivity contribution in [1.82, 2.24) is 19.6 Å². The molecule has 10 fully saturated rings. The summed E-state index contributed by atoms with van der Waals surface area (Å²) in [6.07, 6.45) is 31.4. The summed E-state index contributed by atoms with van der Waals surface area (Å²) in [5, 5.41) is 0. The number of rotatable bonds is 28. The molecule has 14 aliphatic rings. The molecule has 0 radical (unpaired) electrons. The van der Waals surface area contributed by atoms with E-state index < -0.39 is 23.3 Å². The Balaban J connectivity index is 0.000000117. The number of para-hydroxylation sites is 4. The van der Waals surface area contributed by atoms with Gasteiger partial charge in [-0.1, -0.05) is 44.5 Å². The molecule has 4 aromatic carbocycles. The van der Waals surface area contributed by atoms with Crippen molar-refractivity contribution in [3.63, 3.8) is 0 Å². The fourth-order valence-electron chi connectivity index (χ4n) is 19.2. The standard InChI is InChI=1S/C23H30F2N2O2.C23H32N2O3.C22H32N2O3.C21H28F2N2O2/c24-20-10-16-4-7-23(28)27(22(16)13-21(20)25)9-1-8-26-17-5-6-18(26)12-19(11-17)29-14-15-2-3-15;1-16(13-25-21-4-2-3-5-22(21)28-15-23(25)26)12-24-18-8-9-19(24)11-20(10-18)27-14-17-6-7-17;1-17(14-24-20-7-2-3-8-21(20)27-16-22(24)25)13-23-11-9-19(10-12-23)26-15-18-5-4-6-18;22-18-12-16-4-5-21(26)25(20(16)13-19(18)23)9-1-8-24-10-6-17(7-11-24)27-14-15-2-3-15/h10,13,15,17-19H,1-9,11-12,14H2;2-5,16-20H,6-15H2,1H3;2-3,7-8,17-19H,4-6,9-16H2,1H3;12-13,15,17H,1-11,14H2. The summed E-state index contributed by atoms with van der Waals surface area (Å²) >= 11 is 0. The second kappa shape index (κ2) is 37.6. The van der Waals surface area contributed by atoms with Crippen LogP contribution < -0.4 is 29.1 Å². The molecule has 4 bridgehead atoms. The molecular formula is C89H122F4N8O10. The minimum Gasteiger partial charge on any atom is -0.482 e. The first kappa shape index (κ1) is 80.0. The van der Waals surface area contributed by atoms with E-state index in [1.165, 1.54) is 121 Å². The van der Waals surface area contributed by atoms with E-state index in [2.05, 4.69) is 33.4 Å². The van der Waals surface area contributed by atoms with Gasteiger partial charge in [-0.2, -0.15) is 0 Å². The van der Waals surface area contributed by atoms with Crippen molar-refractivity contribution in [1.29, 1.82) is 0 Å². The summed E-state index contributed by atoms with van der Waals surface area (Å²) in [4.78, 5) is 66.9. The fraction of sp³-hybridized carbons (Fsp3) is 0.685. The number of benzene rings is 4. The minimum absolute atomic E-state index is 0.000641. The number of amides is 4. The number of ether oxygens (including phenoxy) is 6. The molecule has 6 unspecified atom stereocenters. The average Bonchev–Trinajstić information content (AvgIpc) is 1.35. The topological polar surface area (TPSA) is 150 Å². The molecule has 4 aliphatic carbocycles. The second-order valence-electron chi connectivity index (χ2n) is 35.2. The Bertz CT molecular complexity index is 3760. The number of likely N-dealkylation sites (tertiary alicyclic amines) is 2. The van der Waals surface area contributed by atoms with Crippen LogP contribution in [0.25, 0.3) is 0 Å². The summed E-state index contributed by atoms with van der Waals surface area (Å²) in [6.45, 7) is 19.5. The van der Waals surface area contributed by atoms with E-state index >= 15 is 0 Å². The third kappa shape index (κ3) is 21.3. The van der Waals surface area contributed by atoms with Crippen molar-refractivity contribution < 1.29 is 65.2 Å². The first-order valence-corrected chi connectivity index (χ1v) is 43.1. The third-order valence-corrected chi connectivity index (χ3v) is 26.3. The van der Waals surface area contributed by atoms with E-state index in [9.17, 15) is 36.7 Å². The first-order valence-electron chi connectivity index (χ1n) is 43.1. The Kier molecular flexibility index (Phi) is 27.1. The minimum atomic E-state index is -0.887. The number of carbonyl (C=O) groups is 4. The number of carbonyl (C=O) groups excluding carboxylic acids is 4. The first-order chi connectivity index (χ1) is 54.0. The van der Waals surface area contributed by atoms with Gasteiger partial charge in [-0.25, -0.2) is 17.6 Å². The van der Waals surface area contributed by atoms with E-state index in [4.69, 9.17) is 28.4 Å². The number of aryl methyl sites for hydroxylation is 2. The number of anilines is 4. The Morgan fingerprint density at radius 1 is 0.378 bits per heavy atom. The number of halogens is 4. The lowest BCUT2D eigenvalue weighted by Gasteiger charge is -2.41. The molecule has 22 heteroatoms. The molecule has 606 valence electrons. The van der Waals surface area contributed by atoms with Gasteiger partial charge in [-0.05, 0) is 244 Å². The average molecular weight is 1540 g/mol. The molecule has 0 spiro atoms. The molecule has 0 aromatic heterocycles. The van der Waals surface area contributed by atoms with Crippen LogP contribution in [0.15, 0.2) is 72.8 Å². The van der Waals surface area contributed by atoms with Gasteiger partial charge in [0.2, 0.25) is 11.8 Å². The molecule has 6 saturated heterocycles. The van der Waals surface area contributed by atoms with Crippen LogP contribution >= 0.6 is 0 Å². The van der Waals surface area contributed by atoms with Crippen molar-refractivity contribution in [2.45, 2.75) is 236 Å². The molecule has 10 heterocycles. The van der Waals surface area contributed by atoms with Gasteiger partial charge in [-0.3, -0.25) is 29.0 Å². The van der Waals surface area contributed by atoms with Crippen LogP contribution in [0.1, 0.15) is 185 Å². The summed E-state index contributed by atoms with van der Waals surface area (Å²) in [5.74, 6) is 2.50. The third-order valence-electron chi connectivity index (χ3n) is 26.3. The van der Waals surface area contributed by atoms with Gasteiger partial charge in [0, 0.05) is 159 Å². The number of hydrogen-bond donors (Lipinski definition) is 0. The van der Waals surface area contributed by atoms with Crippen molar-refractivity contribution in [3.8, 4) is 11.5 Å². The summed E-state index contributed by atoms with van der Waals surface area (Å²) < 4.78 is 90.0. The lowest BCUT2D eigenvalue weighted by atomic mass is 9.86. The number of hydrogen-bond acceptors (Lipinski definition) is 14. The van der Waals surface area contributed by atoms with E-state index in [1.54, 1.807) is 9.80 Å². The monoisotopic (exact) mass is 1540 g/mol. The normalized spacial score (nSPS) is 26.3. The predicted molar refractivity (Wildman–Crippen MR) is 422 cm³/mol. The smallest absolute Gasteiger partial charge is 0.265 e. The summed E-state index contributed by atoms with van der Waals surface area (Å²) in [6, 6.07) is 23.1. The van der Waals surface area contributed by atoms with Crippen molar-refractivity contribution in [2.24, 2.45) is 35.5 Å². The lowest BCUT2D eigenvalue weighted by Crippen LogP contribution is -2.49. The Hall–Kier alpha value is -6.24. The maximum atomic E-state index is 13.8. The molecule has 18 nitrogen and oxygen atoms in total. The highest BCUT2D eigenvalue weighted by molar-refractivity contribution is 5.99. The SMILES string of the molecule is CC(CN1C(=O)COc2ccccc21)CN1C2CCC1CC(OCC1CC1)C2.CC(CN1CCC(OCC2CCC2)CC1)CN1C(=O)COc2ccccc21.O=C1CCc2cc(F)c(F)cc2N1CCCN1C2CCC1CC(OCC1CC1)C2.O=C1CCc2cc(F)c(F)cc2N1CCCN1CCC(OCC2CC2)CC1. The van der Waals surface area contributed by atoms with Gasteiger partial charge >= 0.3 is 0 Å².